The zero-order chi connectivity index (χ0) is 15.3. The Morgan fingerprint density at radius 2 is 1.90 bits per heavy atom. The van der Waals surface area contributed by atoms with E-state index in [4.69, 9.17) is 0 Å². The van der Waals surface area contributed by atoms with E-state index in [0.29, 0.717) is 6.04 Å². The molecule has 2 nitrogen and oxygen atoms in total. The zero-order valence-corrected chi connectivity index (χ0v) is 13.7. The van der Waals surface area contributed by atoms with Gasteiger partial charge in [-0.25, -0.2) is 0 Å². The molecule has 0 radical (unpaired) electrons. The molecule has 2 aromatic rings. The monoisotopic (exact) mass is 298 g/mol. The summed E-state index contributed by atoms with van der Waals surface area (Å²) in [5, 5.41) is 15.2. The maximum Gasteiger partial charge on any atom is 0.104 e. The molecule has 0 saturated carbocycles. The van der Waals surface area contributed by atoms with Gasteiger partial charge in [-0.1, -0.05) is 30.3 Å². The SMILES string of the molecule is CC(C)NC(C)(C#N)CCSc1ccc2ccccc2c1. The lowest BCUT2D eigenvalue weighted by Crippen LogP contribution is -2.45. The van der Waals surface area contributed by atoms with Crippen LogP contribution in [0.15, 0.2) is 47.4 Å². The second-order valence-electron chi connectivity index (χ2n) is 5.85. The van der Waals surface area contributed by atoms with Crippen molar-refractivity contribution < 1.29 is 0 Å². The third-order valence-corrected chi connectivity index (χ3v) is 4.44. The maximum absolute atomic E-state index is 9.35. The fourth-order valence-corrected chi connectivity index (χ4v) is 3.55. The summed E-state index contributed by atoms with van der Waals surface area (Å²) in [4.78, 5) is 1.26. The number of rotatable bonds is 6. The number of nitrogens with one attached hydrogen (secondary N) is 1. The Labute approximate surface area is 131 Å². The number of fused-ring (bicyclic) bond motifs is 1. The van der Waals surface area contributed by atoms with E-state index in [1.165, 1.54) is 15.7 Å². The Balaban J connectivity index is 1.97. The van der Waals surface area contributed by atoms with Crippen molar-refractivity contribution in [3.8, 4) is 6.07 Å². The van der Waals surface area contributed by atoms with E-state index < -0.39 is 5.54 Å². The van der Waals surface area contributed by atoms with Gasteiger partial charge in [-0.05, 0) is 50.1 Å². The maximum atomic E-state index is 9.35. The molecule has 3 heteroatoms. The smallest absolute Gasteiger partial charge is 0.104 e. The molecular weight excluding hydrogens is 276 g/mol. The van der Waals surface area contributed by atoms with Crippen molar-refractivity contribution in [1.29, 1.82) is 5.26 Å². The zero-order valence-electron chi connectivity index (χ0n) is 12.9. The molecule has 2 rings (SSSR count). The molecule has 0 saturated heterocycles. The van der Waals surface area contributed by atoms with Gasteiger partial charge in [0.25, 0.3) is 0 Å². The third-order valence-electron chi connectivity index (χ3n) is 3.45. The first-order valence-electron chi connectivity index (χ1n) is 7.33. The summed E-state index contributed by atoms with van der Waals surface area (Å²) in [6.07, 6.45) is 0.833. The molecule has 1 unspecified atom stereocenters. The van der Waals surface area contributed by atoms with Gasteiger partial charge in [-0.2, -0.15) is 5.26 Å². The second-order valence-corrected chi connectivity index (χ2v) is 7.02. The molecule has 0 aliphatic heterocycles. The van der Waals surface area contributed by atoms with Crippen LogP contribution in [0.4, 0.5) is 0 Å². The average molecular weight is 298 g/mol. The minimum atomic E-state index is -0.446. The van der Waals surface area contributed by atoms with E-state index >= 15 is 0 Å². The van der Waals surface area contributed by atoms with Crippen LogP contribution in [0.5, 0.6) is 0 Å². The van der Waals surface area contributed by atoms with Crippen molar-refractivity contribution in [3.05, 3.63) is 42.5 Å². The highest BCUT2D eigenvalue weighted by molar-refractivity contribution is 7.99. The van der Waals surface area contributed by atoms with Gasteiger partial charge in [0, 0.05) is 16.7 Å². The molecular formula is C18H22N2S. The van der Waals surface area contributed by atoms with Crippen molar-refractivity contribution in [2.75, 3.05) is 5.75 Å². The number of thioether (sulfide) groups is 1. The van der Waals surface area contributed by atoms with Gasteiger partial charge in [0.15, 0.2) is 0 Å². The normalized spacial score (nSPS) is 14.0. The Morgan fingerprint density at radius 3 is 2.57 bits per heavy atom. The van der Waals surface area contributed by atoms with E-state index in [-0.39, 0.29) is 0 Å². The standard InChI is InChI=1S/C18H22N2S/c1-14(2)20-18(3,13-19)10-11-21-17-9-8-15-6-4-5-7-16(15)12-17/h4-9,12,14,20H,10-11H2,1-3H3. The van der Waals surface area contributed by atoms with Crippen LogP contribution in [0.25, 0.3) is 10.8 Å². The Bertz CT molecular complexity index is 645. The fourth-order valence-electron chi connectivity index (χ4n) is 2.43. The van der Waals surface area contributed by atoms with Gasteiger partial charge in [0.05, 0.1) is 6.07 Å². The molecule has 0 aromatic heterocycles. The average Bonchev–Trinajstić information content (AvgIpc) is 2.46. The Morgan fingerprint density at radius 1 is 1.19 bits per heavy atom. The minimum Gasteiger partial charge on any atom is -0.297 e. The fraction of sp³-hybridized carbons (Fsp3) is 0.389. The highest BCUT2D eigenvalue weighted by Gasteiger charge is 2.23. The molecule has 0 aliphatic rings. The lowest BCUT2D eigenvalue weighted by molar-refractivity contribution is 0.397. The van der Waals surface area contributed by atoms with E-state index in [2.05, 4.69) is 67.7 Å². The van der Waals surface area contributed by atoms with Crippen LogP contribution in [0, 0.1) is 11.3 Å². The van der Waals surface area contributed by atoms with Gasteiger partial charge in [-0.15, -0.1) is 11.8 Å². The van der Waals surface area contributed by atoms with Crippen molar-refractivity contribution in [2.45, 2.75) is 43.7 Å². The second kappa shape index (κ2) is 6.98. The predicted octanol–water partition coefficient (Wildman–Crippen LogP) is 4.60. The summed E-state index contributed by atoms with van der Waals surface area (Å²) < 4.78 is 0. The number of nitrogens with zero attached hydrogens (tertiary/aromatic N) is 1. The van der Waals surface area contributed by atoms with Gasteiger partial charge < -0.3 is 0 Å². The summed E-state index contributed by atoms with van der Waals surface area (Å²) in [6, 6.07) is 17.7. The molecule has 1 atom stereocenters. The number of nitriles is 1. The van der Waals surface area contributed by atoms with E-state index in [1.54, 1.807) is 0 Å². The molecule has 0 amide bonds. The predicted molar refractivity (Wildman–Crippen MR) is 91.6 cm³/mol. The summed E-state index contributed by atoms with van der Waals surface area (Å²) >= 11 is 1.81. The number of benzene rings is 2. The highest BCUT2D eigenvalue weighted by atomic mass is 32.2. The first-order valence-corrected chi connectivity index (χ1v) is 8.31. The summed E-state index contributed by atoms with van der Waals surface area (Å²) in [5.74, 6) is 0.933. The molecule has 1 N–H and O–H groups in total. The van der Waals surface area contributed by atoms with Crippen molar-refractivity contribution in [1.82, 2.24) is 5.32 Å². The van der Waals surface area contributed by atoms with Crippen molar-refractivity contribution in [2.24, 2.45) is 0 Å². The van der Waals surface area contributed by atoms with Crippen LogP contribution in [-0.2, 0) is 0 Å². The summed E-state index contributed by atoms with van der Waals surface area (Å²) in [5.41, 5.74) is -0.446. The highest BCUT2D eigenvalue weighted by Crippen LogP contribution is 2.25. The topological polar surface area (TPSA) is 35.8 Å². The molecule has 2 aromatic carbocycles. The molecule has 0 heterocycles. The van der Waals surface area contributed by atoms with E-state index in [1.807, 2.05) is 18.7 Å². The lowest BCUT2D eigenvalue weighted by Gasteiger charge is -2.25. The first-order chi connectivity index (χ1) is 10.0. The Kier molecular flexibility index (Phi) is 5.27. The van der Waals surface area contributed by atoms with Crippen LogP contribution in [0.2, 0.25) is 0 Å². The van der Waals surface area contributed by atoms with Gasteiger partial charge in [-0.3, -0.25) is 5.32 Å². The van der Waals surface area contributed by atoms with Crippen LogP contribution in [-0.4, -0.2) is 17.3 Å². The van der Waals surface area contributed by atoms with Crippen LogP contribution in [0.1, 0.15) is 27.2 Å². The molecule has 110 valence electrons. The molecule has 0 aliphatic carbocycles. The molecule has 21 heavy (non-hydrogen) atoms. The van der Waals surface area contributed by atoms with Gasteiger partial charge >= 0.3 is 0 Å². The minimum absolute atomic E-state index is 0.320. The Hall–Kier alpha value is -1.50. The lowest BCUT2D eigenvalue weighted by atomic mass is 10.0. The summed E-state index contributed by atoms with van der Waals surface area (Å²) in [6.45, 7) is 6.13. The molecule has 0 fully saturated rings. The number of hydrogen-bond acceptors (Lipinski definition) is 3. The van der Waals surface area contributed by atoms with Crippen molar-refractivity contribution >= 4 is 22.5 Å². The summed E-state index contributed by atoms with van der Waals surface area (Å²) in [7, 11) is 0. The van der Waals surface area contributed by atoms with E-state index in [9.17, 15) is 5.26 Å². The van der Waals surface area contributed by atoms with Crippen molar-refractivity contribution in [3.63, 3.8) is 0 Å². The first kappa shape index (κ1) is 15.9. The number of hydrogen-bond donors (Lipinski definition) is 1. The molecule has 0 bridgehead atoms. The quantitative estimate of drug-likeness (QED) is 0.792. The van der Waals surface area contributed by atoms with E-state index in [0.717, 1.165) is 12.2 Å². The largest absolute Gasteiger partial charge is 0.297 e. The van der Waals surface area contributed by atoms with Gasteiger partial charge in [0.1, 0.15) is 5.54 Å². The third kappa shape index (κ3) is 4.49. The van der Waals surface area contributed by atoms with Gasteiger partial charge in [0.2, 0.25) is 0 Å². The van der Waals surface area contributed by atoms with Crippen LogP contribution >= 0.6 is 11.8 Å². The molecule has 0 spiro atoms. The van der Waals surface area contributed by atoms with Crippen LogP contribution in [0.3, 0.4) is 0 Å². The van der Waals surface area contributed by atoms with Crippen LogP contribution < -0.4 is 5.32 Å².